The Kier molecular flexibility index (Phi) is 7.11. The minimum absolute atomic E-state index is 0.0192. The number of allylic oxidation sites excluding steroid dienone is 2. The summed E-state index contributed by atoms with van der Waals surface area (Å²) in [7, 11) is 0. The highest BCUT2D eigenvalue weighted by Crippen LogP contribution is 2.39. The Morgan fingerprint density at radius 1 is 1.12 bits per heavy atom. The molecule has 0 aromatic heterocycles. The van der Waals surface area contributed by atoms with Crippen molar-refractivity contribution in [3.05, 3.63) is 60.7 Å². The first kappa shape index (κ1) is 23.0. The van der Waals surface area contributed by atoms with E-state index in [4.69, 9.17) is 14.6 Å². The van der Waals surface area contributed by atoms with Gasteiger partial charge in [0.05, 0.1) is 6.10 Å². The number of carbonyl (C=O) groups excluding carboxylic acids is 1. The van der Waals surface area contributed by atoms with Crippen molar-refractivity contribution in [1.82, 2.24) is 0 Å². The first-order chi connectivity index (χ1) is 15.9. The molecule has 1 aliphatic carbocycles. The number of aliphatic hydroxyl groups is 2. The number of hydrogen-bond donors (Lipinski definition) is 3. The van der Waals surface area contributed by atoms with Crippen LogP contribution in [0.4, 0.5) is 0 Å². The maximum Gasteiger partial charge on any atom is 0.303 e. The van der Waals surface area contributed by atoms with Gasteiger partial charge in [-0.1, -0.05) is 48.6 Å². The predicted octanol–water partition coefficient (Wildman–Crippen LogP) is 3.62. The van der Waals surface area contributed by atoms with E-state index in [0.29, 0.717) is 30.8 Å². The molecule has 4 atom stereocenters. The van der Waals surface area contributed by atoms with Gasteiger partial charge in [0.25, 0.3) is 6.29 Å². The van der Waals surface area contributed by atoms with E-state index in [1.165, 1.54) is 6.08 Å². The molecule has 1 heterocycles. The lowest BCUT2D eigenvalue weighted by atomic mass is 9.90. The third-order valence-corrected chi connectivity index (χ3v) is 6.16. The molecule has 3 N–H and O–H groups in total. The van der Waals surface area contributed by atoms with Gasteiger partial charge in [-0.3, -0.25) is 9.59 Å². The van der Waals surface area contributed by atoms with E-state index in [1.54, 1.807) is 6.08 Å². The second-order valence-corrected chi connectivity index (χ2v) is 8.54. The molecule has 0 amide bonds. The summed E-state index contributed by atoms with van der Waals surface area (Å²) < 4.78 is 11.6. The van der Waals surface area contributed by atoms with Gasteiger partial charge >= 0.3 is 5.97 Å². The van der Waals surface area contributed by atoms with Gasteiger partial charge in [0.15, 0.2) is 11.5 Å². The molecule has 1 saturated carbocycles. The summed E-state index contributed by atoms with van der Waals surface area (Å²) >= 11 is 0. The molecular weight excluding hydrogens is 424 g/mol. The van der Waals surface area contributed by atoms with E-state index in [9.17, 15) is 19.8 Å². The molecule has 4 rings (SSSR count). The van der Waals surface area contributed by atoms with Crippen molar-refractivity contribution < 1.29 is 34.4 Å². The fourth-order valence-corrected chi connectivity index (χ4v) is 4.39. The van der Waals surface area contributed by atoms with Gasteiger partial charge in [0, 0.05) is 24.7 Å². The maximum absolute atomic E-state index is 12.4. The Labute approximate surface area is 191 Å². The number of rotatable bonds is 9. The fraction of sp³-hybridized carbons (Fsp3) is 0.385. The van der Waals surface area contributed by atoms with Crippen LogP contribution in [0.25, 0.3) is 10.8 Å². The van der Waals surface area contributed by atoms with Crippen LogP contribution in [0.3, 0.4) is 0 Å². The zero-order valence-corrected chi connectivity index (χ0v) is 18.2. The van der Waals surface area contributed by atoms with E-state index in [1.807, 2.05) is 48.6 Å². The standard InChI is InChI=1S/C26H28O7/c27-20(26-32-23-13-16-7-5-6-8-17(16)14-24(23)33-26)12-11-19-18(21(28)15-22(19)29)9-3-1-2-4-10-25(30)31/h1,3,5-8,11-14,18-20,22,26-27,29H,2,4,9-10,15H2,(H,30,31)/b3-1-,12-11+/t18-,19-,20+,22-/m1/s1. The minimum Gasteiger partial charge on any atom is -0.481 e. The van der Waals surface area contributed by atoms with E-state index >= 15 is 0 Å². The first-order valence-electron chi connectivity index (χ1n) is 11.2. The number of benzene rings is 2. The molecule has 2 aromatic carbocycles. The van der Waals surface area contributed by atoms with Gasteiger partial charge in [-0.05, 0) is 42.2 Å². The van der Waals surface area contributed by atoms with Crippen LogP contribution in [0.5, 0.6) is 11.5 Å². The summed E-state index contributed by atoms with van der Waals surface area (Å²) in [5.41, 5.74) is 0. The number of aliphatic hydroxyl groups excluding tert-OH is 2. The largest absolute Gasteiger partial charge is 0.481 e. The van der Waals surface area contributed by atoms with Crippen molar-refractivity contribution in [3.8, 4) is 11.5 Å². The zero-order chi connectivity index (χ0) is 23.4. The molecule has 2 aromatic rings. The third-order valence-electron chi connectivity index (χ3n) is 6.16. The zero-order valence-electron chi connectivity index (χ0n) is 18.2. The molecule has 0 spiro atoms. The van der Waals surface area contributed by atoms with Gasteiger partial charge in [-0.25, -0.2) is 0 Å². The van der Waals surface area contributed by atoms with Crippen LogP contribution in [-0.4, -0.2) is 45.6 Å². The summed E-state index contributed by atoms with van der Waals surface area (Å²) in [5.74, 6) is -0.516. The van der Waals surface area contributed by atoms with Gasteiger partial charge in [0.1, 0.15) is 11.9 Å². The van der Waals surface area contributed by atoms with Crippen molar-refractivity contribution in [3.63, 3.8) is 0 Å². The van der Waals surface area contributed by atoms with E-state index < -0.39 is 30.4 Å². The van der Waals surface area contributed by atoms with Crippen molar-refractivity contribution in [2.45, 2.75) is 50.6 Å². The van der Waals surface area contributed by atoms with Crippen LogP contribution >= 0.6 is 0 Å². The molecule has 7 nitrogen and oxygen atoms in total. The van der Waals surface area contributed by atoms with Gasteiger partial charge in [-0.15, -0.1) is 0 Å². The van der Waals surface area contributed by atoms with E-state index in [-0.39, 0.29) is 24.5 Å². The molecule has 0 radical (unpaired) electrons. The third kappa shape index (κ3) is 5.43. The smallest absolute Gasteiger partial charge is 0.303 e. The second-order valence-electron chi connectivity index (χ2n) is 8.54. The number of ether oxygens (including phenoxy) is 2. The Bertz CT molecular complexity index is 1030. The fourth-order valence-electron chi connectivity index (χ4n) is 4.39. The number of ketones is 1. The summed E-state index contributed by atoms with van der Waals surface area (Å²) in [6.45, 7) is 0. The van der Waals surface area contributed by atoms with Crippen LogP contribution in [-0.2, 0) is 9.59 Å². The molecule has 0 unspecified atom stereocenters. The molecule has 7 heteroatoms. The van der Waals surface area contributed by atoms with Crippen molar-refractivity contribution in [2.24, 2.45) is 11.8 Å². The lowest BCUT2D eigenvalue weighted by Crippen LogP contribution is -2.32. The number of carboxylic acid groups (broad SMARTS) is 1. The molecule has 1 aliphatic heterocycles. The number of unbranched alkanes of at least 4 members (excludes halogenated alkanes) is 1. The van der Waals surface area contributed by atoms with Gasteiger partial charge in [0.2, 0.25) is 0 Å². The van der Waals surface area contributed by atoms with Crippen LogP contribution in [0, 0.1) is 11.8 Å². The highest BCUT2D eigenvalue weighted by atomic mass is 16.7. The van der Waals surface area contributed by atoms with Crippen molar-refractivity contribution in [2.75, 3.05) is 0 Å². The molecule has 1 fully saturated rings. The summed E-state index contributed by atoms with van der Waals surface area (Å²) in [6, 6.07) is 11.6. The van der Waals surface area contributed by atoms with Crippen LogP contribution in [0.15, 0.2) is 60.7 Å². The number of aliphatic carboxylic acids is 1. The monoisotopic (exact) mass is 452 g/mol. The van der Waals surface area contributed by atoms with Crippen LogP contribution < -0.4 is 9.47 Å². The SMILES string of the molecule is O=C(O)CCC/C=C\C[C@H]1C(=O)C[C@@H](O)[C@@H]1/C=C/[C@H](O)C1Oc2cc3ccccc3cc2O1. The van der Waals surface area contributed by atoms with Gasteiger partial charge < -0.3 is 24.8 Å². The molecule has 33 heavy (non-hydrogen) atoms. The molecule has 2 aliphatic rings. The predicted molar refractivity (Wildman–Crippen MR) is 122 cm³/mol. The summed E-state index contributed by atoms with van der Waals surface area (Å²) in [6.07, 6.45) is 5.97. The molecule has 174 valence electrons. The summed E-state index contributed by atoms with van der Waals surface area (Å²) in [4.78, 5) is 22.9. The van der Waals surface area contributed by atoms with Crippen LogP contribution in [0.1, 0.15) is 32.1 Å². The quantitative estimate of drug-likeness (QED) is 0.393. The maximum atomic E-state index is 12.4. The summed E-state index contributed by atoms with van der Waals surface area (Å²) in [5, 5.41) is 31.7. The highest BCUT2D eigenvalue weighted by molar-refractivity contribution is 5.86. The van der Waals surface area contributed by atoms with Crippen molar-refractivity contribution >= 4 is 22.5 Å². The average Bonchev–Trinajstić information content (AvgIpc) is 3.32. The van der Waals surface area contributed by atoms with Crippen molar-refractivity contribution in [1.29, 1.82) is 0 Å². The Balaban J connectivity index is 1.36. The normalized spacial score (nSPS) is 23.8. The van der Waals surface area contributed by atoms with Crippen LogP contribution in [0.2, 0.25) is 0 Å². The highest BCUT2D eigenvalue weighted by Gasteiger charge is 2.39. The Hall–Kier alpha value is -3.16. The van der Waals surface area contributed by atoms with E-state index in [2.05, 4.69) is 0 Å². The number of carboxylic acids is 1. The molecule has 0 saturated heterocycles. The first-order valence-corrected chi connectivity index (χ1v) is 11.2. The van der Waals surface area contributed by atoms with E-state index in [0.717, 1.165) is 10.8 Å². The van der Waals surface area contributed by atoms with Gasteiger partial charge in [-0.2, -0.15) is 0 Å². The number of fused-ring (bicyclic) bond motifs is 2. The number of Topliss-reactive ketones (excluding diaryl/α,β-unsaturated/α-hetero) is 1. The molecular formula is C26H28O7. The Morgan fingerprint density at radius 2 is 1.79 bits per heavy atom. The number of carbonyl (C=O) groups is 2. The Morgan fingerprint density at radius 3 is 2.42 bits per heavy atom. The minimum atomic E-state index is -1.07. The average molecular weight is 453 g/mol. The lowest BCUT2D eigenvalue weighted by molar-refractivity contribution is -0.137. The lowest BCUT2D eigenvalue weighted by Gasteiger charge is -2.18. The number of hydrogen-bond acceptors (Lipinski definition) is 6. The molecule has 0 bridgehead atoms. The second kappa shape index (κ2) is 10.2. The topological polar surface area (TPSA) is 113 Å².